The number of amides is 2. The summed E-state index contributed by atoms with van der Waals surface area (Å²) in [5.41, 5.74) is 8.57. The minimum Gasteiger partial charge on any atom is -0.495 e. The van der Waals surface area contributed by atoms with Crippen LogP contribution in [0.25, 0.3) is 0 Å². The van der Waals surface area contributed by atoms with Gasteiger partial charge in [0.2, 0.25) is 5.91 Å². The molecule has 1 aliphatic heterocycles. The van der Waals surface area contributed by atoms with Gasteiger partial charge in [-0.25, -0.2) is 0 Å². The number of likely N-dealkylation sites (tertiary alicyclic amines) is 1. The number of nitrogens with two attached hydrogens (primary N) is 1. The number of methoxy groups -OCH3 is 1. The molecule has 2 N–H and O–H groups in total. The van der Waals surface area contributed by atoms with Gasteiger partial charge in [-0.2, -0.15) is 0 Å². The van der Waals surface area contributed by atoms with Crippen LogP contribution in [0.3, 0.4) is 0 Å². The number of rotatable bonds is 11. The Balaban J connectivity index is 1.49. The third-order valence-corrected chi connectivity index (χ3v) is 7.14. The van der Waals surface area contributed by atoms with Crippen molar-refractivity contribution in [1.29, 1.82) is 0 Å². The van der Waals surface area contributed by atoms with Crippen LogP contribution in [0.2, 0.25) is 0 Å². The van der Waals surface area contributed by atoms with Crippen LogP contribution in [0.5, 0.6) is 11.5 Å². The molecule has 0 aromatic heterocycles. The van der Waals surface area contributed by atoms with E-state index in [-0.39, 0.29) is 11.8 Å². The van der Waals surface area contributed by atoms with Crippen LogP contribution in [0.4, 0.5) is 11.4 Å². The van der Waals surface area contributed by atoms with Crippen molar-refractivity contribution in [2.24, 2.45) is 0 Å². The van der Waals surface area contributed by atoms with E-state index in [0.717, 1.165) is 50.8 Å². The van der Waals surface area contributed by atoms with Crippen LogP contribution >= 0.6 is 0 Å². The summed E-state index contributed by atoms with van der Waals surface area (Å²) in [6.45, 7) is 4.22. The lowest BCUT2D eigenvalue weighted by molar-refractivity contribution is -0.132. The largest absolute Gasteiger partial charge is 0.495 e. The second kappa shape index (κ2) is 13.3. The number of aryl methyl sites for hydroxylation is 1. The maximum Gasteiger partial charge on any atom is 0.260 e. The molecule has 202 valence electrons. The van der Waals surface area contributed by atoms with Gasteiger partial charge in [0, 0.05) is 32.6 Å². The summed E-state index contributed by atoms with van der Waals surface area (Å²) in [4.78, 5) is 31.6. The van der Waals surface area contributed by atoms with Crippen LogP contribution in [0.15, 0.2) is 36.4 Å². The number of hydrogen-bond acceptors (Lipinski definition) is 6. The number of anilines is 2. The monoisotopic (exact) mass is 510 g/mol. The smallest absolute Gasteiger partial charge is 0.260 e. The Kier molecular flexibility index (Phi) is 10.2. The number of nitrogen functional groups attached to an aromatic ring is 1. The number of nitrogens with zero attached hydrogens (tertiary/aromatic N) is 3. The van der Waals surface area contributed by atoms with Crippen molar-refractivity contribution in [3.05, 3.63) is 47.5 Å². The zero-order valence-electron chi connectivity index (χ0n) is 23.0. The molecule has 8 nitrogen and oxygen atoms in total. The average molecular weight is 511 g/mol. The van der Waals surface area contributed by atoms with Gasteiger partial charge in [-0.1, -0.05) is 12.1 Å². The van der Waals surface area contributed by atoms with E-state index in [4.69, 9.17) is 15.2 Å². The Morgan fingerprint density at radius 1 is 1.03 bits per heavy atom. The van der Waals surface area contributed by atoms with Crippen molar-refractivity contribution in [3.63, 3.8) is 0 Å². The van der Waals surface area contributed by atoms with Crippen molar-refractivity contribution in [2.45, 2.75) is 51.5 Å². The Labute approximate surface area is 221 Å². The van der Waals surface area contributed by atoms with Crippen molar-refractivity contribution in [2.75, 3.05) is 58.6 Å². The molecule has 2 amide bonds. The van der Waals surface area contributed by atoms with Crippen LogP contribution in [-0.4, -0.2) is 75.6 Å². The number of carbonyl (C=O) groups excluding carboxylic acids is 2. The van der Waals surface area contributed by atoms with Gasteiger partial charge >= 0.3 is 0 Å². The lowest BCUT2D eigenvalue weighted by Gasteiger charge is -2.35. The van der Waals surface area contributed by atoms with E-state index in [1.807, 2.05) is 30.0 Å². The third kappa shape index (κ3) is 7.38. The molecular formula is C29H42N4O4. The number of unbranched alkanes of at least 4 members (excludes halogenated alkanes) is 2. The van der Waals surface area contributed by atoms with Gasteiger partial charge in [-0.15, -0.1) is 0 Å². The van der Waals surface area contributed by atoms with Gasteiger partial charge < -0.3 is 29.9 Å². The second-order valence-electron chi connectivity index (χ2n) is 9.99. The molecule has 0 unspecified atom stereocenters. The lowest BCUT2D eigenvalue weighted by Crippen LogP contribution is -2.44. The van der Waals surface area contributed by atoms with Crippen molar-refractivity contribution >= 4 is 23.2 Å². The highest BCUT2D eigenvalue weighted by atomic mass is 16.5. The molecule has 0 saturated carbocycles. The van der Waals surface area contributed by atoms with E-state index in [1.165, 1.54) is 7.11 Å². The molecular weight excluding hydrogens is 468 g/mol. The number of para-hydroxylation sites is 1. The number of benzene rings is 2. The highest BCUT2D eigenvalue weighted by molar-refractivity contribution is 6.10. The van der Waals surface area contributed by atoms with Crippen LogP contribution in [-0.2, 0) is 4.79 Å². The minimum atomic E-state index is -0.238. The predicted octanol–water partition coefficient (Wildman–Crippen LogP) is 4.35. The zero-order chi connectivity index (χ0) is 26.9. The molecule has 3 rings (SSSR count). The summed E-state index contributed by atoms with van der Waals surface area (Å²) in [6.07, 6.45) is 5.28. The molecule has 8 heteroatoms. The second-order valence-corrected chi connectivity index (χ2v) is 9.99. The molecule has 1 fully saturated rings. The molecule has 0 radical (unpaired) electrons. The number of hydrogen-bond donors (Lipinski definition) is 1. The Bertz CT molecular complexity index is 1060. The van der Waals surface area contributed by atoms with Gasteiger partial charge in [-0.3, -0.25) is 9.59 Å². The molecule has 1 aliphatic rings. The van der Waals surface area contributed by atoms with Gasteiger partial charge in [0.1, 0.15) is 11.5 Å². The van der Waals surface area contributed by atoms with Gasteiger partial charge in [0.05, 0.1) is 30.7 Å². The summed E-state index contributed by atoms with van der Waals surface area (Å²) >= 11 is 0. The first-order valence-electron chi connectivity index (χ1n) is 13.1. The van der Waals surface area contributed by atoms with E-state index in [1.54, 1.807) is 30.1 Å². The Morgan fingerprint density at radius 3 is 2.43 bits per heavy atom. The number of carbonyl (C=O) groups is 2. The highest BCUT2D eigenvalue weighted by Gasteiger charge is 2.24. The topological polar surface area (TPSA) is 88.3 Å². The van der Waals surface area contributed by atoms with Crippen molar-refractivity contribution in [1.82, 2.24) is 9.80 Å². The normalized spacial score (nSPS) is 14.1. The summed E-state index contributed by atoms with van der Waals surface area (Å²) in [7, 11) is 7.46. The first-order valence-corrected chi connectivity index (χ1v) is 13.1. The van der Waals surface area contributed by atoms with E-state index < -0.39 is 0 Å². The highest BCUT2D eigenvalue weighted by Crippen LogP contribution is 2.32. The third-order valence-electron chi connectivity index (χ3n) is 7.14. The van der Waals surface area contributed by atoms with Crippen LogP contribution in [0.1, 0.15) is 54.4 Å². The fraction of sp³-hybridized carbons (Fsp3) is 0.517. The van der Waals surface area contributed by atoms with Crippen molar-refractivity contribution in [3.8, 4) is 11.5 Å². The fourth-order valence-corrected chi connectivity index (χ4v) is 4.74. The number of piperidine rings is 1. The zero-order valence-corrected chi connectivity index (χ0v) is 23.0. The molecule has 0 spiro atoms. The number of ether oxygens (including phenoxy) is 2. The maximum absolute atomic E-state index is 13.2. The maximum atomic E-state index is 13.2. The minimum absolute atomic E-state index is 0.238. The van der Waals surface area contributed by atoms with Gasteiger partial charge in [0.25, 0.3) is 5.91 Å². The molecule has 0 bridgehead atoms. The molecule has 2 aromatic carbocycles. The lowest BCUT2D eigenvalue weighted by atomic mass is 10.0. The van der Waals surface area contributed by atoms with E-state index in [0.29, 0.717) is 47.5 Å². The standard InChI is InChI=1S/C29H42N4O4/c1-21-13-14-24(32(4)29(35)23-10-9-11-25(36-5)28(23)30)26(20-21)37-19-8-6-7-12-27(34)33-17-15-22(16-18-33)31(2)3/h9-11,13-14,20,22H,6-8,12,15-19,30H2,1-5H3. The van der Waals surface area contributed by atoms with Crippen LogP contribution < -0.4 is 20.1 Å². The van der Waals surface area contributed by atoms with E-state index in [2.05, 4.69) is 19.0 Å². The first kappa shape index (κ1) is 28.3. The summed E-state index contributed by atoms with van der Waals surface area (Å²) in [6, 6.07) is 11.5. The predicted molar refractivity (Wildman–Crippen MR) is 149 cm³/mol. The molecule has 0 aliphatic carbocycles. The molecule has 0 atom stereocenters. The molecule has 1 saturated heterocycles. The summed E-state index contributed by atoms with van der Waals surface area (Å²) in [5, 5.41) is 0. The van der Waals surface area contributed by atoms with Crippen LogP contribution in [0, 0.1) is 6.92 Å². The Hall–Kier alpha value is -3.26. The van der Waals surface area contributed by atoms with E-state index in [9.17, 15) is 9.59 Å². The molecule has 37 heavy (non-hydrogen) atoms. The summed E-state index contributed by atoms with van der Waals surface area (Å²) in [5.74, 6) is 1.14. The SMILES string of the molecule is COc1cccc(C(=O)N(C)c2ccc(C)cc2OCCCCCC(=O)N2CCC(N(C)C)CC2)c1N. The van der Waals surface area contributed by atoms with E-state index >= 15 is 0 Å². The van der Waals surface area contributed by atoms with Gasteiger partial charge in [0.15, 0.2) is 0 Å². The molecule has 2 aromatic rings. The summed E-state index contributed by atoms with van der Waals surface area (Å²) < 4.78 is 11.4. The first-order chi connectivity index (χ1) is 17.7. The quantitative estimate of drug-likeness (QED) is 0.357. The van der Waals surface area contributed by atoms with Crippen molar-refractivity contribution < 1.29 is 19.1 Å². The molecule has 1 heterocycles. The average Bonchev–Trinajstić information content (AvgIpc) is 2.90. The fourth-order valence-electron chi connectivity index (χ4n) is 4.74. The van der Waals surface area contributed by atoms with Gasteiger partial charge in [-0.05, 0) is 83.0 Å². The Morgan fingerprint density at radius 2 is 1.76 bits per heavy atom.